The maximum Gasteiger partial charge on any atom is 0.277 e. The van der Waals surface area contributed by atoms with Crippen LogP contribution in [-0.4, -0.2) is 52.0 Å². The van der Waals surface area contributed by atoms with Gasteiger partial charge >= 0.3 is 0 Å². The third-order valence-electron chi connectivity index (χ3n) is 4.99. The van der Waals surface area contributed by atoms with E-state index in [4.69, 9.17) is 0 Å². The first-order valence-electron chi connectivity index (χ1n) is 9.23. The summed E-state index contributed by atoms with van der Waals surface area (Å²) >= 11 is 0. The number of benzene rings is 2. The Morgan fingerprint density at radius 3 is 2.50 bits per heavy atom. The molecule has 1 saturated heterocycles. The van der Waals surface area contributed by atoms with Gasteiger partial charge in [-0.1, -0.05) is 29.5 Å². The molecule has 0 aliphatic carbocycles. The molecule has 0 saturated carbocycles. The zero-order chi connectivity index (χ0) is 19.5. The van der Waals surface area contributed by atoms with E-state index in [1.165, 1.54) is 10.7 Å². The molecule has 1 aromatic heterocycles. The molecule has 28 heavy (non-hydrogen) atoms. The molecule has 2 heterocycles. The molecule has 0 radical (unpaired) electrons. The van der Waals surface area contributed by atoms with E-state index in [1.807, 2.05) is 4.90 Å². The second-order valence-electron chi connectivity index (χ2n) is 6.70. The molecule has 1 aliphatic heterocycles. The lowest BCUT2D eigenvalue weighted by molar-refractivity contribution is -0.131. The van der Waals surface area contributed by atoms with E-state index in [0.717, 1.165) is 0 Å². The van der Waals surface area contributed by atoms with Crippen LogP contribution < -0.4 is 10.5 Å². The van der Waals surface area contributed by atoms with Gasteiger partial charge in [0.2, 0.25) is 5.91 Å². The number of hydrogen-bond acceptors (Lipinski definition) is 5. The van der Waals surface area contributed by atoms with Crippen molar-refractivity contribution in [2.75, 3.05) is 31.1 Å². The number of carbonyl (C=O) groups excluding carboxylic acids is 1. The Morgan fingerprint density at radius 2 is 1.71 bits per heavy atom. The van der Waals surface area contributed by atoms with Crippen molar-refractivity contribution in [2.45, 2.75) is 13.0 Å². The number of hydrogen-bond donors (Lipinski definition) is 0. The number of para-hydroxylation sites is 1. The Bertz CT molecular complexity index is 1060. The first-order chi connectivity index (χ1) is 13.6. The van der Waals surface area contributed by atoms with E-state index >= 15 is 0 Å². The van der Waals surface area contributed by atoms with Crippen molar-refractivity contribution in [2.24, 2.45) is 0 Å². The number of carbonyl (C=O) groups is 1. The lowest BCUT2D eigenvalue weighted by Crippen LogP contribution is -2.49. The Hall–Kier alpha value is -3.29. The molecule has 0 spiro atoms. The van der Waals surface area contributed by atoms with E-state index in [-0.39, 0.29) is 30.2 Å². The molecule has 0 bridgehead atoms. The summed E-state index contributed by atoms with van der Waals surface area (Å²) in [5, 5.41) is 8.44. The SMILES string of the molecule is O=C(CCn1nnc2ccccc2c1=O)N1CCN(c2ccccc2F)CC1. The molecule has 2 aromatic carbocycles. The third-order valence-corrected chi connectivity index (χ3v) is 4.99. The average Bonchev–Trinajstić information content (AvgIpc) is 2.74. The summed E-state index contributed by atoms with van der Waals surface area (Å²) < 4.78 is 15.2. The summed E-state index contributed by atoms with van der Waals surface area (Å²) in [5.41, 5.74) is 0.856. The van der Waals surface area contributed by atoms with Gasteiger partial charge < -0.3 is 9.80 Å². The number of amides is 1. The van der Waals surface area contributed by atoms with Crippen LogP contribution in [0.5, 0.6) is 0 Å². The summed E-state index contributed by atoms with van der Waals surface area (Å²) in [6, 6.07) is 13.7. The highest BCUT2D eigenvalue weighted by Crippen LogP contribution is 2.20. The van der Waals surface area contributed by atoms with Gasteiger partial charge in [-0.15, -0.1) is 5.10 Å². The molecule has 144 valence electrons. The number of fused-ring (bicyclic) bond motifs is 1. The monoisotopic (exact) mass is 381 g/mol. The number of halogens is 1. The van der Waals surface area contributed by atoms with Gasteiger partial charge in [0.15, 0.2) is 0 Å². The highest BCUT2D eigenvalue weighted by atomic mass is 19.1. The Labute approximate surface area is 161 Å². The maximum atomic E-state index is 13.9. The third kappa shape index (κ3) is 3.58. The fraction of sp³-hybridized carbons (Fsp3) is 0.300. The van der Waals surface area contributed by atoms with Gasteiger partial charge in [-0.2, -0.15) is 0 Å². The van der Waals surface area contributed by atoms with E-state index in [0.29, 0.717) is 42.8 Å². The van der Waals surface area contributed by atoms with Gasteiger partial charge in [0, 0.05) is 32.6 Å². The van der Waals surface area contributed by atoms with Crippen LogP contribution >= 0.6 is 0 Å². The van der Waals surface area contributed by atoms with Gasteiger partial charge in [-0.05, 0) is 24.3 Å². The average molecular weight is 381 g/mol. The van der Waals surface area contributed by atoms with Crippen molar-refractivity contribution in [1.82, 2.24) is 19.9 Å². The molecule has 1 aliphatic rings. The summed E-state index contributed by atoms with van der Waals surface area (Å²) in [6.07, 6.45) is 0.173. The molecule has 0 atom stereocenters. The fourth-order valence-electron chi connectivity index (χ4n) is 3.43. The highest BCUT2D eigenvalue weighted by molar-refractivity contribution is 5.77. The summed E-state index contributed by atoms with van der Waals surface area (Å²) in [5.74, 6) is -0.299. The molecule has 8 heteroatoms. The van der Waals surface area contributed by atoms with Crippen molar-refractivity contribution in [3.8, 4) is 0 Å². The quantitative estimate of drug-likeness (QED) is 0.688. The van der Waals surface area contributed by atoms with E-state index in [1.54, 1.807) is 47.4 Å². The first kappa shape index (κ1) is 18.1. The zero-order valence-electron chi connectivity index (χ0n) is 15.3. The van der Waals surface area contributed by atoms with Crippen molar-refractivity contribution >= 4 is 22.5 Å². The molecule has 3 aromatic rings. The predicted molar refractivity (Wildman–Crippen MR) is 104 cm³/mol. The molecule has 4 rings (SSSR count). The number of aromatic nitrogens is 3. The van der Waals surface area contributed by atoms with Gasteiger partial charge in [0.25, 0.3) is 5.56 Å². The van der Waals surface area contributed by atoms with Crippen LogP contribution in [0, 0.1) is 5.82 Å². The minimum absolute atomic E-state index is 0.0463. The zero-order valence-corrected chi connectivity index (χ0v) is 15.3. The fourth-order valence-corrected chi connectivity index (χ4v) is 3.43. The Morgan fingerprint density at radius 1 is 1.00 bits per heavy atom. The summed E-state index contributed by atoms with van der Waals surface area (Å²) in [4.78, 5) is 28.7. The van der Waals surface area contributed by atoms with Crippen molar-refractivity contribution in [1.29, 1.82) is 0 Å². The van der Waals surface area contributed by atoms with Gasteiger partial charge in [0.05, 0.1) is 17.6 Å². The Kier molecular flexibility index (Phi) is 5.01. The van der Waals surface area contributed by atoms with Gasteiger partial charge in [-0.25, -0.2) is 9.07 Å². The lowest BCUT2D eigenvalue weighted by Gasteiger charge is -2.36. The second kappa shape index (κ2) is 7.75. The lowest BCUT2D eigenvalue weighted by atomic mass is 10.2. The number of piperazine rings is 1. The van der Waals surface area contributed by atoms with Crippen molar-refractivity contribution in [3.63, 3.8) is 0 Å². The van der Waals surface area contributed by atoms with Crippen LogP contribution in [0.3, 0.4) is 0 Å². The van der Waals surface area contributed by atoms with Crippen molar-refractivity contribution in [3.05, 3.63) is 64.7 Å². The molecule has 1 fully saturated rings. The van der Waals surface area contributed by atoms with Crippen LogP contribution in [0.4, 0.5) is 10.1 Å². The van der Waals surface area contributed by atoms with Crippen LogP contribution in [0.25, 0.3) is 10.9 Å². The largest absolute Gasteiger partial charge is 0.366 e. The smallest absolute Gasteiger partial charge is 0.277 e. The maximum absolute atomic E-state index is 13.9. The first-order valence-corrected chi connectivity index (χ1v) is 9.23. The number of anilines is 1. The highest BCUT2D eigenvalue weighted by Gasteiger charge is 2.22. The molecular formula is C20H20FN5O2. The normalized spacial score (nSPS) is 14.5. The van der Waals surface area contributed by atoms with Gasteiger partial charge in [0.1, 0.15) is 11.3 Å². The minimum atomic E-state index is -0.253. The molecule has 0 N–H and O–H groups in total. The standard InChI is InChI=1S/C20H20FN5O2/c21-16-6-2-4-8-18(16)24-11-13-25(14-12-24)19(27)9-10-26-20(28)15-5-1-3-7-17(15)22-23-26/h1-8H,9-14H2. The predicted octanol–water partition coefficient (Wildman–Crippen LogP) is 1.67. The van der Waals surface area contributed by atoms with Crippen LogP contribution in [0.15, 0.2) is 53.3 Å². The molecule has 0 unspecified atom stereocenters. The Balaban J connectivity index is 1.36. The van der Waals surface area contributed by atoms with Crippen LogP contribution in [0.1, 0.15) is 6.42 Å². The van der Waals surface area contributed by atoms with E-state index in [2.05, 4.69) is 10.3 Å². The van der Waals surface area contributed by atoms with E-state index < -0.39 is 0 Å². The molecular weight excluding hydrogens is 361 g/mol. The second-order valence-corrected chi connectivity index (χ2v) is 6.70. The number of aryl methyl sites for hydroxylation is 1. The summed E-state index contributed by atoms with van der Waals surface area (Å²) in [7, 11) is 0. The topological polar surface area (TPSA) is 71.3 Å². The van der Waals surface area contributed by atoms with E-state index in [9.17, 15) is 14.0 Å². The summed E-state index contributed by atoms with van der Waals surface area (Å²) in [6.45, 7) is 2.37. The van der Waals surface area contributed by atoms with Crippen LogP contribution in [0.2, 0.25) is 0 Å². The van der Waals surface area contributed by atoms with Crippen molar-refractivity contribution < 1.29 is 9.18 Å². The minimum Gasteiger partial charge on any atom is -0.366 e. The number of nitrogens with zero attached hydrogens (tertiary/aromatic N) is 5. The molecule has 7 nitrogen and oxygen atoms in total. The van der Waals surface area contributed by atoms with Gasteiger partial charge in [-0.3, -0.25) is 9.59 Å². The molecule has 1 amide bonds. The number of rotatable bonds is 4. The van der Waals surface area contributed by atoms with Crippen LogP contribution in [-0.2, 0) is 11.3 Å².